The highest BCUT2D eigenvalue weighted by atomic mass is 16.5. The number of nitrogens with one attached hydrogen (secondary N) is 3. The van der Waals surface area contributed by atoms with Gasteiger partial charge in [-0.2, -0.15) is 0 Å². The van der Waals surface area contributed by atoms with Crippen LogP contribution in [0, 0.1) is 0 Å². The van der Waals surface area contributed by atoms with Crippen LogP contribution in [0.25, 0.3) is 10.9 Å². The number of amides is 2. The maximum absolute atomic E-state index is 14.0. The van der Waals surface area contributed by atoms with E-state index in [1.165, 1.54) is 0 Å². The highest BCUT2D eigenvalue weighted by molar-refractivity contribution is 6.09. The third kappa shape index (κ3) is 7.40. The largest absolute Gasteiger partial charge is 0.497 e. The van der Waals surface area contributed by atoms with Crippen LogP contribution in [0.15, 0.2) is 103 Å². The molecule has 1 aromatic heterocycles. The maximum atomic E-state index is 14.0. The van der Waals surface area contributed by atoms with Crippen LogP contribution in [-0.2, 0) is 24.2 Å². The van der Waals surface area contributed by atoms with E-state index in [2.05, 4.69) is 34.7 Å². The number of H-pyrrole nitrogens is 1. The molecule has 4 aromatic carbocycles. The van der Waals surface area contributed by atoms with Crippen LogP contribution in [0.2, 0.25) is 0 Å². The minimum atomic E-state index is -0.863. The lowest BCUT2D eigenvalue weighted by molar-refractivity contribution is -0.117. The third-order valence-electron chi connectivity index (χ3n) is 9.08. The van der Waals surface area contributed by atoms with Gasteiger partial charge in [0.15, 0.2) is 0 Å². The van der Waals surface area contributed by atoms with Gasteiger partial charge in [-0.15, -0.1) is 0 Å². The second-order valence-corrected chi connectivity index (χ2v) is 12.2. The number of carbonyl (C=O) groups excluding carboxylic acids is 2. The summed E-state index contributed by atoms with van der Waals surface area (Å²) in [6.07, 6.45) is 2.74. The van der Waals surface area contributed by atoms with Gasteiger partial charge < -0.3 is 30.4 Å². The number of fused-ring (bicyclic) bond motifs is 1. The fourth-order valence-corrected chi connectivity index (χ4v) is 6.49. The number of aromatic amines is 1. The van der Waals surface area contributed by atoms with Gasteiger partial charge in [0.25, 0.3) is 5.91 Å². The summed E-state index contributed by atoms with van der Waals surface area (Å²) in [5, 5.41) is 18.8. The lowest BCUT2D eigenvalue weighted by Gasteiger charge is -2.25. The van der Waals surface area contributed by atoms with E-state index in [4.69, 9.17) is 4.74 Å². The van der Waals surface area contributed by atoms with Gasteiger partial charge in [-0.3, -0.25) is 9.59 Å². The number of methoxy groups -OCH3 is 1. The van der Waals surface area contributed by atoms with Crippen LogP contribution in [0.3, 0.4) is 0 Å². The Hall–Kier alpha value is -4.92. The number of ether oxygens (including phenoxy) is 1. The fourth-order valence-electron chi connectivity index (χ4n) is 6.49. The molecule has 0 aliphatic carbocycles. The van der Waals surface area contributed by atoms with Gasteiger partial charge in [0, 0.05) is 49.1 Å². The zero-order valence-corrected chi connectivity index (χ0v) is 26.9. The first kappa shape index (κ1) is 32.0. The predicted octanol–water partition coefficient (Wildman–Crippen LogP) is 5.75. The highest BCUT2D eigenvalue weighted by Gasteiger charge is 2.33. The molecule has 5 aromatic rings. The van der Waals surface area contributed by atoms with Crippen LogP contribution in [-0.4, -0.2) is 54.2 Å². The summed E-state index contributed by atoms with van der Waals surface area (Å²) in [5.74, 6) is 0.585. The number of hydrogen-bond donors (Lipinski definition) is 4. The zero-order chi connectivity index (χ0) is 32.8. The van der Waals surface area contributed by atoms with Gasteiger partial charge in [-0.1, -0.05) is 79.7 Å². The monoisotopic (exact) mass is 630 g/mol. The van der Waals surface area contributed by atoms with Gasteiger partial charge >= 0.3 is 0 Å². The normalized spacial score (nSPS) is 15.9. The van der Waals surface area contributed by atoms with Crippen LogP contribution in [0.1, 0.15) is 51.9 Å². The van der Waals surface area contributed by atoms with E-state index in [9.17, 15) is 14.7 Å². The van der Waals surface area contributed by atoms with Crippen molar-refractivity contribution in [1.82, 2.24) is 15.6 Å². The fraction of sp³-hybridized carbons (Fsp3) is 0.282. The lowest BCUT2D eigenvalue weighted by atomic mass is 9.98. The number of hydrogen-bond acceptors (Lipinski definition) is 5. The van der Waals surface area contributed by atoms with Gasteiger partial charge in [-0.05, 0) is 59.4 Å². The summed E-state index contributed by atoms with van der Waals surface area (Å²) in [7, 11) is 1.64. The Morgan fingerprint density at radius 3 is 2.49 bits per heavy atom. The summed E-state index contributed by atoms with van der Waals surface area (Å²) in [6, 6.07) is 30.9. The Morgan fingerprint density at radius 2 is 1.74 bits per heavy atom. The minimum Gasteiger partial charge on any atom is -0.497 e. The molecule has 47 heavy (non-hydrogen) atoms. The molecule has 8 heteroatoms. The van der Waals surface area contributed by atoms with Gasteiger partial charge in [0.2, 0.25) is 5.91 Å². The van der Waals surface area contributed by atoms with Crippen molar-refractivity contribution in [3.63, 3.8) is 0 Å². The molecule has 0 saturated carbocycles. The highest BCUT2D eigenvalue weighted by Crippen LogP contribution is 2.37. The quantitative estimate of drug-likeness (QED) is 0.133. The number of aromatic nitrogens is 1. The second kappa shape index (κ2) is 14.7. The molecule has 1 aliphatic heterocycles. The standard InChI is InChI=1S/C39H42N4O4/c1-3-28-23-41-38-33(28)19-30(20-35(38)43-25-31(21-37(43)45)29-14-8-5-9-15-29)39(46)42-34(18-26-11-6-4-7-12-26)36(44)24-40-22-27-13-10-16-32(17-27)47-2/h4-17,19-20,23,31,34,36,40-41,44H,3,18,21-22,24-25H2,1-2H3,(H,42,46)/t31?,34-,36-/m0/s1. The number of carbonyl (C=O) groups is 2. The molecule has 0 bridgehead atoms. The number of anilines is 1. The number of nitrogens with zero attached hydrogens (tertiary/aromatic N) is 1. The average Bonchev–Trinajstić information content (AvgIpc) is 3.71. The first-order chi connectivity index (χ1) is 22.9. The van der Waals surface area contributed by atoms with E-state index < -0.39 is 12.1 Å². The number of aryl methyl sites for hydroxylation is 1. The van der Waals surface area contributed by atoms with Gasteiger partial charge in [0.05, 0.1) is 30.5 Å². The summed E-state index contributed by atoms with van der Waals surface area (Å²) < 4.78 is 5.33. The molecule has 0 spiro atoms. The van der Waals surface area contributed by atoms with Crippen LogP contribution < -0.4 is 20.3 Å². The molecule has 2 amide bonds. The maximum Gasteiger partial charge on any atom is 0.251 e. The van der Waals surface area contributed by atoms with E-state index in [0.717, 1.165) is 45.3 Å². The molecular formula is C39H42N4O4. The topological polar surface area (TPSA) is 107 Å². The van der Waals surface area contributed by atoms with E-state index >= 15 is 0 Å². The summed E-state index contributed by atoms with van der Waals surface area (Å²) >= 11 is 0. The third-order valence-corrected chi connectivity index (χ3v) is 9.08. The van der Waals surface area contributed by atoms with Crippen molar-refractivity contribution in [2.45, 2.75) is 50.8 Å². The number of aliphatic hydroxyl groups excluding tert-OH is 1. The average molecular weight is 631 g/mol. The molecule has 4 N–H and O–H groups in total. The van der Waals surface area contributed by atoms with Crippen molar-refractivity contribution in [1.29, 1.82) is 0 Å². The summed E-state index contributed by atoms with van der Waals surface area (Å²) in [6.45, 7) is 3.44. The molecule has 8 nitrogen and oxygen atoms in total. The molecule has 1 saturated heterocycles. The molecule has 1 unspecified atom stereocenters. The van der Waals surface area contributed by atoms with E-state index in [1.807, 2.05) is 96.0 Å². The summed E-state index contributed by atoms with van der Waals surface area (Å²) in [5.41, 5.74) is 6.25. The first-order valence-corrected chi connectivity index (χ1v) is 16.3. The molecule has 0 radical (unpaired) electrons. The van der Waals surface area contributed by atoms with Crippen molar-refractivity contribution in [3.05, 3.63) is 131 Å². The molecule has 242 valence electrons. The number of aliphatic hydroxyl groups is 1. The van der Waals surface area contributed by atoms with Crippen LogP contribution in [0.4, 0.5) is 5.69 Å². The SMILES string of the molecule is CCc1c[nH]c2c(N3CC(c4ccccc4)CC3=O)cc(C(=O)N[C@@H](Cc3ccccc3)[C@@H](O)CNCc3cccc(OC)c3)cc12. The Kier molecular flexibility index (Phi) is 10.00. The minimum absolute atomic E-state index is 0.0323. The van der Waals surface area contributed by atoms with E-state index in [-0.39, 0.29) is 24.3 Å². The Labute approximate surface area is 275 Å². The molecule has 3 atom stereocenters. The smallest absolute Gasteiger partial charge is 0.251 e. The molecule has 1 aliphatic rings. The second-order valence-electron chi connectivity index (χ2n) is 12.2. The Morgan fingerprint density at radius 1 is 1.00 bits per heavy atom. The van der Waals surface area contributed by atoms with Crippen LogP contribution in [0.5, 0.6) is 5.75 Å². The Bertz CT molecular complexity index is 1820. The van der Waals surface area contributed by atoms with Crippen molar-refractivity contribution in [2.75, 3.05) is 25.1 Å². The van der Waals surface area contributed by atoms with Gasteiger partial charge in [-0.25, -0.2) is 0 Å². The van der Waals surface area contributed by atoms with E-state index in [1.54, 1.807) is 7.11 Å². The Balaban J connectivity index is 1.25. The molecule has 2 heterocycles. The van der Waals surface area contributed by atoms with Crippen LogP contribution >= 0.6 is 0 Å². The number of rotatable bonds is 13. The first-order valence-electron chi connectivity index (χ1n) is 16.3. The van der Waals surface area contributed by atoms with Crippen molar-refractivity contribution >= 4 is 28.4 Å². The van der Waals surface area contributed by atoms with E-state index in [0.29, 0.717) is 37.2 Å². The van der Waals surface area contributed by atoms with Crippen molar-refractivity contribution in [3.8, 4) is 5.75 Å². The lowest BCUT2D eigenvalue weighted by Crippen LogP contribution is -2.48. The molecule has 1 fully saturated rings. The summed E-state index contributed by atoms with van der Waals surface area (Å²) in [4.78, 5) is 32.7. The zero-order valence-electron chi connectivity index (χ0n) is 26.9. The molecular weight excluding hydrogens is 588 g/mol. The van der Waals surface area contributed by atoms with Gasteiger partial charge in [0.1, 0.15) is 5.75 Å². The number of benzene rings is 4. The van der Waals surface area contributed by atoms with Crippen molar-refractivity contribution < 1.29 is 19.4 Å². The predicted molar refractivity (Wildman–Crippen MR) is 186 cm³/mol. The van der Waals surface area contributed by atoms with Crippen molar-refractivity contribution in [2.24, 2.45) is 0 Å². The molecule has 6 rings (SSSR count).